The molecular weight excluding hydrogens is 791 g/mol. The predicted molar refractivity (Wildman–Crippen MR) is 293 cm³/mol. The number of carbonyl (C=O) groups is 1. The van der Waals surface area contributed by atoms with E-state index < -0.39 is 0 Å². The van der Waals surface area contributed by atoms with Crippen molar-refractivity contribution in [2.24, 2.45) is 5.92 Å². The molecule has 0 rings (SSSR count). The molecule has 0 heterocycles. The average molecular weight is 905 g/mol. The number of carbonyl (C=O) groups excluding carboxylic acids is 1. The first-order valence-electron chi connectivity index (χ1n) is 28.8. The van der Waals surface area contributed by atoms with Crippen LogP contribution in [0.25, 0.3) is 0 Å². The maximum absolute atomic E-state index is 13.3. The molecule has 0 spiro atoms. The fourth-order valence-electron chi connectivity index (χ4n) is 8.80. The van der Waals surface area contributed by atoms with Gasteiger partial charge in [-0.3, -0.25) is 4.79 Å². The van der Waals surface area contributed by atoms with E-state index in [1.807, 2.05) is 0 Å². The van der Waals surface area contributed by atoms with Gasteiger partial charge in [0.2, 0.25) is 0 Å². The summed E-state index contributed by atoms with van der Waals surface area (Å²) in [6.07, 6.45) is 79.4. The standard InChI is InChI=1S/C62H113NO2/c1-6-9-12-15-18-21-24-27-30-33-36-39-42-45-48-51-55-60(56-52-49-46-43-40-37-34-31-28-25-22-19-16-13-10-7-2)61(65-62(64)58-54-59-63(4)5)57-53-50-47-44-41-38-35-32-29-26-23-20-17-14-11-8-3/h18-23,27-32,60-61H,6-17,24-26,33-59H2,1-5H3/b21-18+,22-19+,23-20+,30-27+,31-28+,32-29+. The first-order valence-corrected chi connectivity index (χ1v) is 28.8. The Kier molecular flexibility index (Phi) is 52.7. The average Bonchev–Trinajstić information content (AvgIpc) is 3.29. The normalized spacial score (nSPS) is 13.0. The fourth-order valence-corrected chi connectivity index (χ4v) is 8.80. The van der Waals surface area contributed by atoms with Crippen molar-refractivity contribution in [1.29, 1.82) is 0 Å². The van der Waals surface area contributed by atoms with E-state index in [0.29, 0.717) is 12.3 Å². The molecule has 378 valence electrons. The molecule has 0 amide bonds. The molecule has 0 N–H and O–H groups in total. The monoisotopic (exact) mass is 904 g/mol. The second-order valence-corrected chi connectivity index (χ2v) is 19.8. The van der Waals surface area contributed by atoms with Crippen LogP contribution in [0.15, 0.2) is 72.9 Å². The van der Waals surface area contributed by atoms with Crippen LogP contribution >= 0.6 is 0 Å². The topological polar surface area (TPSA) is 29.5 Å². The van der Waals surface area contributed by atoms with E-state index in [-0.39, 0.29) is 12.1 Å². The van der Waals surface area contributed by atoms with Gasteiger partial charge in [-0.1, -0.05) is 222 Å². The summed E-state index contributed by atoms with van der Waals surface area (Å²) in [6.45, 7) is 7.76. The summed E-state index contributed by atoms with van der Waals surface area (Å²) in [5.74, 6) is 0.540. The van der Waals surface area contributed by atoms with Gasteiger partial charge in [-0.05, 0) is 155 Å². The molecule has 0 fully saturated rings. The second-order valence-electron chi connectivity index (χ2n) is 19.8. The molecule has 0 aromatic carbocycles. The summed E-state index contributed by atoms with van der Waals surface area (Å²) < 4.78 is 6.49. The Morgan fingerprint density at radius 1 is 0.369 bits per heavy atom. The molecule has 0 aromatic rings. The minimum atomic E-state index is 0.0379. The Morgan fingerprint density at radius 3 is 0.985 bits per heavy atom. The summed E-state index contributed by atoms with van der Waals surface area (Å²) in [5.41, 5.74) is 0. The zero-order valence-electron chi connectivity index (χ0n) is 44.5. The third-order valence-electron chi connectivity index (χ3n) is 13.0. The van der Waals surface area contributed by atoms with Crippen molar-refractivity contribution in [3.8, 4) is 0 Å². The summed E-state index contributed by atoms with van der Waals surface area (Å²) in [6, 6.07) is 0. The highest BCUT2D eigenvalue weighted by Gasteiger charge is 2.24. The zero-order chi connectivity index (χ0) is 47.2. The first kappa shape index (κ1) is 62.9. The quantitative estimate of drug-likeness (QED) is 0.0346. The van der Waals surface area contributed by atoms with E-state index in [2.05, 4.69) is 113 Å². The molecule has 0 aliphatic rings. The van der Waals surface area contributed by atoms with Gasteiger partial charge >= 0.3 is 5.97 Å². The van der Waals surface area contributed by atoms with Gasteiger partial charge in [0.25, 0.3) is 0 Å². The predicted octanol–water partition coefficient (Wildman–Crippen LogP) is 20.5. The van der Waals surface area contributed by atoms with E-state index >= 15 is 0 Å². The van der Waals surface area contributed by atoms with Crippen molar-refractivity contribution in [2.75, 3.05) is 20.6 Å². The van der Waals surface area contributed by atoms with Crippen LogP contribution in [0.3, 0.4) is 0 Å². The highest BCUT2D eigenvalue weighted by molar-refractivity contribution is 5.69. The maximum atomic E-state index is 13.3. The number of esters is 1. The SMILES string of the molecule is CCCCC/C=C/C/C=C/CCCCCCCCC(CCCCCCCC/C=C/C/C=C/CCCCC)C(CCCCCCCC/C=C/C/C=C/CCCCC)OC(=O)CCCN(C)C. The lowest BCUT2D eigenvalue weighted by atomic mass is 9.87. The third kappa shape index (κ3) is 51.1. The van der Waals surface area contributed by atoms with Gasteiger partial charge in [0.15, 0.2) is 0 Å². The molecule has 3 nitrogen and oxygen atoms in total. The van der Waals surface area contributed by atoms with Gasteiger partial charge in [-0.25, -0.2) is 0 Å². The van der Waals surface area contributed by atoms with Crippen LogP contribution in [0, 0.1) is 5.92 Å². The molecule has 0 aliphatic heterocycles. The van der Waals surface area contributed by atoms with Gasteiger partial charge in [-0.15, -0.1) is 0 Å². The van der Waals surface area contributed by atoms with E-state index in [0.717, 1.165) is 38.6 Å². The van der Waals surface area contributed by atoms with Gasteiger partial charge in [-0.2, -0.15) is 0 Å². The zero-order valence-corrected chi connectivity index (χ0v) is 44.5. The van der Waals surface area contributed by atoms with Gasteiger partial charge in [0, 0.05) is 6.42 Å². The Labute approximate surface area is 408 Å². The van der Waals surface area contributed by atoms with E-state index in [1.54, 1.807) is 0 Å². The molecule has 0 saturated heterocycles. The number of hydrogen-bond donors (Lipinski definition) is 0. The summed E-state index contributed by atoms with van der Waals surface area (Å²) in [7, 11) is 4.19. The Morgan fingerprint density at radius 2 is 0.662 bits per heavy atom. The van der Waals surface area contributed by atoms with Gasteiger partial charge in [0.05, 0.1) is 0 Å². The first-order chi connectivity index (χ1) is 32.0. The minimum Gasteiger partial charge on any atom is -0.462 e. The molecular formula is C62H113NO2. The lowest BCUT2D eigenvalue weighted by Crippen LogP contribution is -2.28. The molecule has 0 aliphatic carbocycles. The molecule has 0 saturated carbocycles. The van der Waals surface area contributed by atoms with E-state index in [4.69, 9.17) is 4.74 Å². The van der Waals surface area contributed by atoms with Crippen LogP contribution < -0.4 is 0 Å². The smallest absolute Gasteiger partial charge is 0.306 e. The second kappa shape index (κ2) is 54.5. The van der Waals surface area contributed by atoms with Crippen molar-refractivity contribution >= 4 is 5.97 Å². The summed E-state index contributed by atoms with van der Waals surface area (Å²) >= 11 is 0. The summed E-state index contributed by atoms with van der Waals surface area (Å²) in [4.78, 5) is 15.5. The van der Waals surface area contributed by atoms with E-state index in [9.17, 15) is 4.79 Å². The maximum Gasteiger partial charge on any atom is 0.306 e. The molecule has 0 aromatic heterocycles. The minimum absolute atomic E-state index is 0.0379. The van der Waals surface area contributed by atoms with Crippen LogP contribution in [0.1, 0.15) is 284 Å². The lowest BCUT2D eigenvalue weighted by Gasteiger charge is -2.28. The molecule has 1 atom stereocenters. The van der Waals surface area contributed by atoms with Gasteiger partial charge < -0.3 is 9.64 Å². The van der Waals surface area contributed by atoms with Crippen LogP contribution in [0.2, 0.25) is 0 Å². The molecule has 1 unspecified atom stereocenters. The van der Waals surface area contributed by atoms with E-state index in [1.165, 1.54) is 225 Å². The number of allylic oxidation sites excluding steroid dienone is 12. The van der Waals surface area contributed by atoms with Crippen molar-refractivity contribution in [1.82, 2.24) is 4.90 Å². The summed E-state index contributed by atoms with van der Waals surface area (Å²) in [5, 5.41) is 0. The van der Waals surface area contributed by atoms with Crippen LogP contribution in [-0.2, 0) is 9.53 Å². The Hall–Kier alpha value is -2.13. The molecule has 65 heavy (non-hydrogen) atoms. The third-order valence-corrected chi connectivity index (χ3v) is 13.0. The van der Waals surface area contributed by atoms with Crippen LogP contribution in [0.5, 0.6) is 0 Å². The number of rotatable bonds is 51. The lowest BCUT2D eigenvalue weighted by molar-refractivity contribution is -0.153. The van der Waals surface area contributed by atoms with Crippen molar-refractivity contribution in [2.45, 2.75) is 290 Å². The highest BCUT2D eigenvalue weighted by Crippen LogP contribution is 2.28. The molecule has 0 radical (unpaired) electrons. The number of nitrogens with zero attached hydrogens (tertiary/aromatic N) is 1. The number of ether oxygens (including phenoxy) is 1. The number of unbranched alkanes of at least 4 members (excludes halogenated alkanes) is 27. The highest BCUT2D eigenvalue weighted by atomic mass is 16.5. The largest absolute Gasteiger partial charge is 0.462 e. The van der Waals surface area contributed by atoms with Crippen molar-refractivity contribution in [3.63, 3.8) is 0 Å². The van der Waals surface area contributed by atoms with Crippen LogP contribution in [-0.4, -0.2) is 37.6 Å². The van der Waals surface area contributed by atoms with Crippen molar-refractivity contribution < 1.29 is 9.53 Å². The van der Waals surface area contributed by atoms with Crippen LogP contribution in [0.4, 0.5) is 0 Å². The number of hydrogen-bond acceptors (Lipinski definition) is 3. The Bertz CT molecular complexity index is 1080. The van der Waals surface area contributed by atoms with Crippen molar-refractivity contribution in [3.05, 3.63) is 72.9 Å². The fraction of sp³-hybridized carbons (Fsp3) is 0.790. The molecule has 3 heteroatoms. The van der Waals surface area contributed by atoms with Gasteiger partial charge in [0.1, 0.15) is 6.10 Å². The Balaban J connectivity index is 4.98. The molecule has 0 bridgehead atoms.